The van der Waals surface area contributed by atoms with Gasteiger partial charge in [-0.25, -0.2) is 4.79 Å². The Hall–Kier alpha value is -1.66. The van der Waals surface area contributed by atoms with Crippen LogP contribution >= 0.6 is 11.3 Å². The fourth-order valence-electron chi connectivity index (χ4n) is 1.30. The summed E-state index contributed by atoms with van der Waals surface area (Å²) in [7, 11) is 0. The van der Waals surface area contributed by atoms with Crippen LogP contribution in [0.25, 0.3) is 0 Å². The number of carbonyl (C=O) groups is 1. The van der Waals surface area contributed by atoms with Crippen LogP contribution in [0.4, 0.5) is 0 Å². The summed E-state index contributed by atoms with van der Waals surface area (Å²) in [5, 5.41) is 11.9. The lowest BCUT2D eigenvalue weighted by Gasteiger charge is -2.00. The smallest absolute Gasteiger partial charge is 0.339 e. The van der Waals surface area contributed by atoms with Crippen LogP contribution in [0, 0.1) is 0 Å². The van der Waals surface area contributed by atoms with Crippen LogP contribution in [0.2, 0.25) is 0 Å². The lowest BCUT2D eigenvalue weighted by Crippen LogP contribution is -2.13. The second kappa shape index (κ2) is 4.91. The molecule has 84 valence electrons. The first-order valence-electron chi connectivity index (χ1n) is 4.65. The molecule has 5 nitrogen and oxygen atoms in total. The number of carboxylic acids is 1. The summed E-state index contributed by atoms with van der Waals surface area (Å²) >= 11 is 1.55. The number of thiazole rings is 1. The number of rotatable bonds is 5. The predicted octanol–water partition coefficient (Wildman–Crippen LogP) is 1.72. The standard InChI is InChI=1S/C10H10N2O3S/c13-10(14)8-1-2-15-9(8)5-11-3-7-4-12-6-16-7/h1-2,4,6,11H,3,5H2,(H,13,14). The van der Waals surface area contributed by atoms with Gasteiger partial charge < -0.3 is 14.8 Å². The van der Waals surface area contributed by atoms with Gasteiger partial charge in [-0.1, -0.05) is 0 Å². The lowest BCUT2D eigenvalue weighted by molar-refractivity contribution is 0.0694. The molecule has 2 aromatic heterocycles. The first-order valence-corrected chi connectivity index (χ1v) is 5.53. The lowest BCUT2D eigenvalue weighted by atomic mass is 10.2. The van der Waals surface area contributed by atoms with E-state index in [4.69, 9.17) is 9.52 Å². The molecule has 2 rings (SSSR count). The number of nitrogens with zero attached hydrogens (tertiary/aromatic N) is 1. The Kier molecular flexibility index (Phi) is 3.33. The third-order valence-electron chi connectivity index (χ3n) is 2.04. The molecule has 0 aromatic carbocycles. The third kappa shape index (κ3) is 2.47. The highest BCUT2D eigenvalue weighted by atomic mass is 32.1. The van der Waals surface area contributed by atoms with Crippen LogP contribution in [-0.4, -0.2) is 16.1 Å². The van der Waals surface area contributed by atoms with E-state index in [1.807, 2.05) is 0 Å². The van der Waals surface area contributed by atoms with E-state index in [9.17, 15) is 4.79 Å². The van der Waals surface area contributed by atoms with Crippen molar-refractivity contribution < 1.29 is 14.3 Å². The average molecular weight is 238 g/mol. The molecule has 0 aliphatic heterocycles. The van der Waals surface area contributed by atoms with Gasteiger partial charge in [0.25, 0.3) is 0 Å². The number of hydrogen-bond donors (Lipinski definition) is 2. The molecular weight excluding hydrogens is 228 g/mol. The molecular formula is C10H10N2O3S. The van der Waals surface area contributed by atoms with Gasteiger partial charge in [0.15, 0.2) is 0 Å². The van der Waals surface area contributed by atoms with Gasteiger partial charge in [0.1, 0.15) is 11.3 Å². The SMILES string of the molecule is O=C(O)c1ccoc1CNCc1cncs1. The second-order valence-corrected chi connectivity index (χ2v) is 4.10. The van der Waals surface area contributed by atoms with Crippen LogP contribution in [0.1, 0.15) is 21.0 Å². The topological polar surface area (TPSA) is 75.4 Å². The first kappa shape index (κ1) is 10.8. The van der Waals surface area contributed by atoms with Crippen molar-refractivity contribution in [1.82, 2.24) is 10.3 Å². The van der Waals surface area contributed by atoms with Crippen LogP contribution < -0.4 is 5.32 Å². The highest BCUT2D eigenvalue weighted by molar-refractivity contribution is 7.09. The second-order valence-electron chi connectivity index (χ2n) is 3.13. The zero-order valence-corrected chi connectivity index (χ0v) is 9.16. The van der Waals surface area contributed by atoms with Gasteiger partial charge in [0, 0.05) is 17.6 Å². The van der Waals surface area contributed by atoms with Crippen molar-refractivity contribution in [2.24, 2.45) is 0 Å². The highest BCUT2D eigenvalue weighted by Crippen LogP contribution is 2.11. The summed E-state index contributed by atoms with van der Waals surface area (Å²) in [5.41, 5.74) is 1.96. The molecule has 0 aliphatic rings. The van der Waals surface area contributed by atoms with Crippen molar-refractivity contribution in [1.29, 1.82) is 0 Å². The Labute approximate surface area is 95.7 Å². The molecule has 2 aromatic rings. The van der Waals surface area contributed by atoms with Crippen LogP contribution in [-0.2, 0) is 13.1 Å². The summed E-state index contributed by atoms with van der Waals surface area (Å²) < 4.78 is 5.09. The van der Waals surface area contributed by atoms with Crippen LogP contribution in [0.5, 0.6) is 0 Å². The van der Waals surface area contributed by atoms with Crippen molar-refractivity contribution in [3.05, 3.63) is 40.2 Å². The molecule has 0 fully saturated rings. The fourth-order valence-corrected chi connectivity index (χ4v) is 1.86. The molecule has 0 amide bonds. The Morgan fingerprint density at radius 2 is 2.44 bits per heavy atom. The molecule has 0 bridgehead atoms. The molecule has 0 saturated heterocycles. The van der Waals surface area contributed by atoms with E-state index in [2.05, 4.69) is 10.3 Å². The van der Waals surface area contributed by atoms with E-state index in [-0.39, 0.29) is 5.56 Å². The minimum Gasteiger partial charge on any atom is -0.478 e. The largest absolute Gasteiger partial charge is 0.478 e. The number of hydrogen-bond acceptors (Lipinski definition) is 5. The van der Waals surface area contributed by atoms with Gasteiger partial charge in [-0.2, -0.15) is 0 Å². The van der Waals surface area contributed by atoms with E-state index in [0.29, 0.717) is 18.8 Å². The molecule has 0 radical (unpaired) electrons. The van der Waals surface area contributed by atoms with Crippen molar-refractivity contribution in [3.8, 4) is 0 Å². The monoisotopic (exact) mass is 238 g/mol. The number of furan rings is 1. The normalized spacial score (nSPS) is 10.5. The molecule has 16 heavy (non-hydrogen) atoms. The van der Waals surface area contributed by atoms with E-state index in [1.54, 1.807) is 23.0 Å². The quantitative estimate of drug-likeness (QED) is 0.829. The van der Waals surface area contributed by atoms with Crippen molar-refractivity contribution in [2.45, 2.75) is 13.1 Å². The number of aromatic carboxylic acids is 1. The Balaban J connectivity index is 1.90. The maximum atomic E-state index is 10.8. The highest BCUT2D eigenvalue weighted by Gasteiger charge is 2.12. The number of carboxylic acid groups (broad SMARTS) is 1. The first-order chi connectivity index (χ1) is 7.77. The van der Waals surface area contributed by atoms with Gasteiger partial charge >= 0.3 is 5.97 Å². The molecule has 0 unspecified atom stereocenters. The maximum absolute atomic E-state index is 10.8. The number of aromatic nitrogens is 1. The van der Waals surface area contributed by atoms with Gasteiger partial charge in [0.2, 0.25) is 0 Å². The fraction of sp³-hybridized carbons (Fsp3) is 0.200. The Bertz CT molecular complexity index is 464. The molecule has 0 spiro atoms. The summed E-state index contributed by atoms with van der Waals surface area (Å²) in [6.07, 6.45) is 3.16. The zero-order valence-electron chi connectivity index (χ0n) is 8.34. The molecule has 0 aliphatic carbocycles. The molecule has 0 atom stereocenters. The van der Waals surface area contributed by atoms with Crippen LogP contribution in [0.15, 0.2) is 28.5 Å². The van der Waals surface area contributed by atoms with Crippen molar-refractivity contribution in [2.75, 3.05) is 0 Å². The van der Waals surface area contributed by atoms with Gasteiger partial charge in [0.05, 0.1) is 18.3 Å². The molecule has 0 saturated carbocycles. The third-order valence-corrected chi connectivity index (χ3v) is 2.82. The van der Waals surface area contributed by atoms with Gasteiger partial charge in [-0.05, 0) is 6.07 Å². The molecule has 6 heteroatoms. The van der Waals surface area contributed by atoms with E-state index in [1.165, 1.54) is 12.3 Å². The van der Waals surface area contributed by atoms with Crippen LogP contribution in [0.3, 0.4) is 0 Å². The maximum Gasteiger partial charge on any atom is 0.339 e. The summed E-state index contributed by atoms with van der Waals surface area (Å²) in [5.74, 6) is -0.527. The minimum absolute atomic E-state index is 0.205. The van der Waals surface area contributed by atoms with E-state index < -0.39 is 5.97 Å². The van der Waals surface area contributed by atoms with Crippen molar-refractivity contribution >= 4 is 17.3 Å². The average Bonchev–Trinajstić information content (AvgIpc) is 2.87. The minimum atomic E-state index is -0.969. The number of nitrogens with one attached hydrogen (secondary N) is 1. The predicted molar refractivity (Wildman–Crippen MR) is 58.3 cm³/mol. The van der Waals surface area contributed by atoms with E-state index in [0.717, 1.165) is 4.88 Å². The molecule has 2 N–H and O–H groups in total. The summed E-state index contributed by atoms with van der Waals surface area (Å²) in [4.78, 5) is 15.8. The summed E-state index contributed by atoms with van der Waals surface area (Å²) in [6.45, 7) is 1.05. The Morgan fingerprint density at radius 1 is 1.56 bits per heavy atom. The molecule has 2 heterocycles. The van der Waals surface area contributed by atoms with E-state index >= 15 is 0 Å². The van der Waals surface area contributed by atoms with Crippen molar-refractivity contribution in [3.63, 3.8) is 0 Å². The van der Waals surface area contributed by atoms with Gasteiger partial charge in [-0.15, -0.1) is 11.3 Å². The Morgan fingerprint density at radius 3 is 3.12 bits per heavy atom. The van der Waals surface area contributed by atoms with Gasteiger partial charge in [-0.3, -0.25) is 4.98 Å². The zero-order chi connectivity index (χ0) is 11.4. The summed E-state index contributed by atoms with van der Waals surface area (Å²) in [6, 6.07) is 1.45.